The first-order chi connectivity index (χ1) is 8.41. The molecule has 2 atom stereocenters. The Morgan fingerprint density at radius 3 is 2.68 bits per heavy atom. The average Bonchev–Trinajstić information content (AvgIpc) is 2.79. The summed E-state index contributed by atoms with van der Waals surface area (Å²) in [6.07, 6.45) is 0.838. The Balaban J connectivity index is 0.00000180. The van der Waals surface area contributed by atoms with Crippen LogP contribution in [-0.2, 0) is 10.0 Å². The molecular formula is C12H18BrClN2O2S. The summed E-state index contributed by atoms with van der Waals surface area (Å²) in [5.41, 5.74) is 5.84. The van der Waals surface area contributed by atoms with E-state index in [0.717, 1.165) is 10.9 Å². The minimum Gasteiger partial charge on any atom is -0.328 e. The highest BCUT2D eigenvalue weighted by Gasteiger charge is 2.33. The molecule has 19 heavy (non-hydrogen) atoms. The van der Waals surface area contributed by atoms with E-state index < -0.39 is 10.0 Å². The first-order valence-electron chi connectivity index (χ1n) is 5.92. The van der Waals surface area contributed by atoms with Crippen LogP contribution in [0.15, 0.2) is 33.6 Å². The molecule has 0 radical (unpaired) electrons. The number of hydrogen-bond acceptors (Lipinski definition) is 3. The summed E-state index contributed by atoms with van der Waals surface area (Å²) in [7, 11) is -3.38. The molecule has 2 unspecified atom stereocenters. The smallest absolute Gasteiger partial charge is 0.243 e. The molecular weight excluding hydrogens is 352 g/mol. The highest BCUT2D eigenvalue weighted by Crippen LogP contribution is 2.26. The van der Waals surface area contributed by atoms with Crippen molar-refractivity contribution in [3.05, 3.63) is 28.7 Å². The van der Waals surface area contributed by atoms with E-state index in [9.17, 15) is 8.42 Å². The lowest BCUT2D eigenvalue weighted by Crippen LogP contribution is -2.33. The third kappa shape index (κ3) is 3.70. The van der Waals surface area contributed by atoms with Crippen molar-refractivity contribution in [2.24, 2.45) is 11.7 Å². The van der Waals surface area contributed by atoms with E-state index in [1.165, 1.54) is 4.31 Å². The van der Waals surface area contributed by atoms with Crippen LogP contribution in [0.3, 0.4) is 0 Å². The van der Waals surface area contributed by atoms with Gasteiger partial charge in [-0.2, -0.15) is 4.31 Å². The topological polar surface area (TPSA) is 63.4 Å². The van der Waals surface area contributed by atoms with Gasteiger partial charge in [0.05, 0.1) is 4.90 Å². The van der Waals surface area contributed by atoms with Crippen molar-refractivity contribution in [1.29, 1.82) is 0 Å². The summed E-state index contributed by atoms with van der Waals surface area (Å²) in [5.74, 6) is 0.256. The number of hydrogen-bond donors (Lipinski definition) is 1. The van der Waals surface area contributed by atoms with Crippen LogP contribution in [0.2, 0.25) is 0 Å². The summed E-state index contributed by atoms with van der Waals surface area (Å²) in [6.45, 7) is 3.01. The van der Waals surface area contributed by atoms with Crippen molar-refractivity contribution in [3.63, 3.8) is 0 Å². The van der Waals surface area contributed by atoms with Crippen LogP contribution in [0.5, 0.6) is 0 Å². The summed E-state index contributed by atoms with van der Waals surface area (Å²) in [6, 6.07) is 6.84. The van der Waals surface area contributed by atoms with E-state index in [0.29, 0.717) is 18.0 Å². The predicted molar refractivity (Wildman–Crippen MR) is 81.9 cm³/mol. The molecule has 1 aliphatic rings. The Labute approximate surface area is 128 Å². The lowest BCUT2D eigenvalue weighted by atomic mass is 10.0. The number of rotatable bonds is 3. The van der Waals surface area contributed by atoms with Crippen molar-refractivity contribution in [2.75, 3.05) is 13.1 Å². The van der Waals surface area contributed by atoms with Crippen LogP contribution < -0.4 is 5.73 Å². The van der Waals surface area contributed by atoms with E-state index in [2.05, 4.69) is 15.9 Å². The van der Waals surface area contributed by atoms with Gasteiger partial charge in [-0.25, -0.2) is 8.42 Å². The van der Waals surface area contributed by atoms with Gasteiger partial charge in [0.2, 0.25) is 10.0 Å². The summed E-state index contributed by atoms with van der Waals surface area (Å²) in [4.78, 5) is 0.335. The second kappa shape index (κ2) is 6.54. The van der Waals surface area contributed by atoms with Gasteiger partial charge in [0, 0.05) is 23.6 Å². The van der Waals surface area contributed by atoms with E-state index in [1.54, 1.807) is 18.2 Å². The Morgan fingerprint density at radius 2 is 2.16 bits per heavy atom. The molecule has 1 fully saturated rings. The van der Waals surface area contributed by atoms with Crippen molar-refractivity contribution < 1.29 is 8.42 Å². The van der Waals surface area contributed by atoms with Crippen LogP contribution in [0.25, 0.3) is 0 Å². The monoisotopic (exact) mass is 368 g/mol. The maximum Gasteiger partial charge on any atom is 0.243 e. The molecule has 1 aromatic rings. The van der Waals surface area contributed by atoms with Gasteiger partial charge in [0.15, 0.2) is 0 Å². The van der Waals surface area contributed by atoms with Crippen LogP contribution >= 0.6 is 28.3 Å². The zero-order valence-corrected chi connectivity index (χ0v) is 13.8. The maximum absolute atomic E-state index is 12.4. The molecule has 4 nitrogen and oxygen atoms in total. The van der Waals surface area contributed by atoms with Crippen molar-refractivity contribution >= 4 is 38.4 Å². The number of nitrogens with two attached hydrogens (primary N) is 1. The molecule has 1 aromatic carbocycles. The average molecular weight is 370 g/mol. The molecule has 0 spiro atoms. The van der Waals surface area contributed by atoms with Gasteiger partial charge in [-0.3, -0.25) is 0 Å². The molecule has 0 aromatic heterocycles. The van der Waals surface area contributed by atoms with Crippen LogP contribution in [0, 0.1) is 5.92 Å². The van der Waals surface area contributed by atoms with E-state index in [1.807, 2.05) is 13.0 Å². The molecule has 7 heteroatoms. The lowest BCUT2D eigenvalue weighted by Gasteiger charge is -2.18. The molecule has 2 rings (SSSR count). The maximum atomic E-state index is 12.4. The summed E-state index contributed by atoms with van der Waals surface area (Å²) >= 11 is 3.30. The Morgan fingerprint density at radius 1 is 1.47 bits per heavy atom. The van der Waals surface area contributed by atoms with Crippen molar-refractivity contribution in [1.82, 2.24) is 4.31 Å². The number of nitrogens with zero attached hydrogens (tertiary/aromatic N) is 1. The quantitative estimate of drug-likeness (QED) is 0.888. The first kappa shape index (κ1) is 16.9. The largest absolute Gasteiger partial charge is 0.328 e. The van der Waals surface area contributed by atoms with Gasteiger partial charge >= 0.3 is 0 Å². The minimum atomic E-state index is -3.38. The fourth-order valence-corrected chi connectivity index (χ4v) is 4.29. The van der Waals surface area contributed by atoms with Gasteiger partial charge in [0.1, 0.15) is 0 Å². The highest BCUT2D eigenvalue weighted by molar-refractivity contribution is 9.10. The SMILES string of the molecule is CC(N)C1CCN(S(=O)(=O)c2cccc(Br)c2)C1.Cl. The van der Waals surface area contributed by atoms with Crippen molar-refractivity contribution in [2.45, 2.75) is 24.3 Å². The van der Waals surface area contributed by atoms with Gasteiger partial charge in [-0.1, -0.05) is 22.0 Å². The van der Waals surface area contributed by atoms with Gasteiger partial charge in [0.25, 0.3) is 0 Å². The zero-order valence-electron chi connectivity index (χ0n) is 10.6. The zero-order chi connectivity index (χ0) is 13.3. The molecule has 0 aliphatic carbocycles. The first-order valence-corrected chi connectivity index (χ1v) is 8.16. The second-order valence-corrected chi connectivity index (χ2v) is 7.58. The summed E-state index contributed by atoms with van der Waals surface area (Å²) in [5, 5.41) is 0. The van der Waals surface area contributed by atoms with Crippen molar-refractivity contribution in [3.8, 4) is 0 Å². The highest BCUT2D eigenvalue weighted by atomic mass is 79.9. The van der Waals surface area contributed by atoms with Gasteiger partial charge in [-0.05, 0) is 37.5 Å². The van der Waals surface area contributed by atoms with E-state index in [4.69, 9.17) is 5.73 Å². The van der Waals surface area contributed by atoms with E-state index in [-0.39, 0.29) is 24.4 Å². The lowest BCUT2D eigenvalue weighted by molar-refractivity contribution is 0.429. The summed E-state index contributed by atoms with van der Waals surface area (Å²) < 4.78 is 27.1. The predicted octanol–water partition coefficient (Wildman–Crippen LogP) is 2.23. The van der Waals surface area contributed by atoms with Gasteiger partial charge in [-0.15, -0.1) is 12.4 Å². The molecule has 0 bridgehead atoms. The Kier molecular flexibility index (Phi) is 5.82. The fourth-order valence-electron chi connectivity index (χ4n) is 2.18. The Hall–Kier alpha value is -0.140. The molecule has 1 saturated heterocycles. The number of halogens is 2. The van der Waals surface area contributed by atoms with Gasteiger partial charge < -0.3 is 5.73 Å². The standard InChI is InChI=1S/C12H17BrN2O2S.ClH/c1-9(14)10-5-6-15(8-10)18(16,17)12-4-2-3-11(13)7-12;/h2-4,7,9-10H,5-6,8,14H2,1H3;1H. The Bertz CT molecular complexity index is 536. The normalized spacial score (nSPS) is 21.9. The molecule has 0 saturated carbocycles. The third-order valence-electron chi connectivity index (χ3n) is 3.36. The molecule has 1 aliphatic heterocycles. The minimum absolute atomic E-state index is 0. The number of sulfonamides is 1. The molecule has 0 amide bonds. The van der Waals surface area contributed by atoms with E-state index >= 15 is 0 Å². The molecule has 2 N–H and O–H groups in total. The van der Waals surface area contributed by atoms with Crippen LogP contribution in [0.4, 0.5) is 0 Å². The second-order valence-electron chi connectivity index (χ2n) is 4.73. The molecule has 1 heterocycles. The van der Waals surface area contributed by atoms with Crippen LogP contribution in [0.1, 0.15) is 13.3 Å². The van der Waals surface area contributed by atoms with Crippen LogP contribution in [-0.4, -0.2) is 31.9 Å². The molecule has 108 valence electrons. The number of benzene rings is 1. The third-order valence-corrected chi connectivity index (χ3v) is 5.72. The fraction of sp³-hybridized carbons (Fsp3) is 0.500.